The van der Waals surface area contributed by atoms with E-state index in [-0.39, 0.29) is 6.42 Å². The molecule has 66 valence electrons. The van der Waals surface area contributed by atoms with Crippen molar-refractivity contribution in [1.29, 1.82) is 0 Å². The average molecular weight is 163 g/mol. The van der Waals surface area contributed by atoms with Crippen molar-refractivity contribution >= 4 is 0 Å². The molecule has 2 unspecified atom stereocenters. The highest BCUT2D eigenvalue weighted by Gasteiger charge is 2.35. The highest BCUT2D eigenvalue weighted by atomic mass is 16.7. The summed E-state index contributed by atoms with van der Waals surface area (Å²) in [6.45, 7) is 2.77. The largest absolute Gasteiger partial charge is 0.393 e. The van der Waals surface area contributed by atoms with E-state index in [1.54, 1.807) is 6.92 Å². The Labute approximate surface area is 64.8 Å². The van der Waals surface area contributed by atoms with Gasteiger partial charge in [0.05, 0.1) is 17.4 Å². The van der Waals surface area contributed by atoms with Gasteiger partial charge in [0, 0.05) is 6.92 Å². The second kappa shape index (κ2) is 3.64. The van der Waals surface area contributed by atoms with Gasteiger partial charge >= 0.3 is 5.72 Å². The summed E-state index contributed by atoms with van der Waals surface area (Å²) >= 11 is 0. The number of aliphatic hydroxyl groups is 2. The van der Waals surface area contributed by atoms with Crippen LogP contribution in [0.3, 0.4) is 0 Å². The van der Waals surface area contributed by atoms with Gasteiger partial charge in [-0.05, 0) is 6.42 Å². The van der Waals surface area contributed by atoms with Crippen LogP contribution in [0.4, 0.5) is 0 Å². The fourth-order valence-electron chi connectivity index (χ4n) is 0.665. The topological polar surface area (TPSA) is 83.6 Å². The zero-order valence-corrected chi connectivity index (χ0v) is 6.65. The Bertz CT molecular complexity index is 146. The van der Waals surface area contributed by atoms with Crippen molar-refractivity contribution in [2.45, 2.75) is 38.5 Å². The van der Waals surface area contributed by atoms with E-state index in [1.165, 1.54) is 0 Å². The zero-order chi connectivity index (χ0) is 9.07. The van der Waals surface area contributed by atoms with Crippen molar-refractivity contribution in [3.05, 3.63) is 10.1 Å². The van der Waals surface area contributed by atoms with Crippen LogP contribution < -0.4 is 0 Å². The molecule has 0 aliphatic rings. The fourth-order valence-corrected chi connectivity index (χ4v) is 0.665. The molecule has 11 heavy (non-hydrogen) atoms. The Kier molecular flexibility index (Phi) is 3.41. The van der Waals surface area contributed by atoms with Crippen molar-refractivity contribution in [2.75, 3.05) is 0 Å². The molecule has 0 amide bonds. The van der Waals surface area contributed by atoms with Gasteiger partial charge in [-0.2, -0.15) is 0 Å². The minimum Gasteiger partial charge on any atom is -0.393 e. The summed E-state index contributed by atoms with van der Waals surface area (Å²) in [6, 6.07) is 0. The van der Waals surface area contributed by atoms with Crippen molar-refractivity contribution in [1.82, 2.24) is 0 Å². The zero-order valence-electron chi connectivity index (χ0n) is 6.65. The molecule has 0 bridgehead atoms. The number of rotatable bonds is 4. The summed E-state index contributed by atoms with van der Waals surface area (Å²) in [5.41, 5.74) is -2.00. The Morgan fingerprint density at radius 1 is 1.73 bits per heavy atom. The van der Waals surface area contributed by atoms with E-state index in [0.29, 0.717) is 6.42 Å². The molecule has 2 atom stereocenters. The molecule has 0 aromatic carbocycles. The molecule has 0 saturated carbocycles. The molecule has 0 saturated heterocycles. The molecule has 0 spiro atoms. The van der Waals surface area contributed by atoms with Crippen molar-refractivity contribution < 1.29 is 15.1 Å². The molecule has 0 fully saturated rings. The van der Waals surface area contributed by atoms with Crippen LogP contribution in [0.5, 0.6) is 0 Å². The molecule has 0 radical (unpaired) electrons. The van der Waals surface area contributed by atoms with Crippen LogP contribution in [0.1, 0.15) is 26.7 Å². The quantitative estimate of drug-likeness (QED) is 0.350. The number of nitro groups is 1. The highest BCUT2D eigenvalue weighted by Crippen LogP contribution is 2.13. The standard InChI is InChI=1S/C6H13NO4/c1-3-5(8)4-6(2,9)7(10)11/h5,8-9H,3-4H2,1-2H3. The molecule has 0 aliphatic heterocycles. The smallest absolute Gasteiger partial charge is 0.322 e. The van der Waals surface area contributed by atoms with Gasteiger partial charge in [0.25, 0.3) is 0 Å². The van der Waals surface area contributed by atoms with E-state index in [0.717, 1.165) is 6.92 Å². The van der Waals surface area contributed by atoms with Crippen LogP contribution in [0.15, 0.2) is 0 Å². The van der Waals surface area contributed by atoms with Gasteiger partial charge in [0.1, 0.15) is 0 Å². The predicted octanol–water partition coefficient (Wildman–Crippen LogP) is 0.133. The van der Waals surface area contributed by atoms with Crippen molar-refractivity contribution in [3.63, 3.8) is 0 Å². The van der Waals surface area contributed by atoms with Gasteiger partial charge in [0.2, 0.25) is 0 Å². The average Bonchev–Trinajstić information content (AvgIpc) is 1.86. The van der Waals surface area contributed by atoms with Crippen LogP contribution in [0.25, 0.3) is 0 Å². The lowest BCUT2D eigenvalue weighted by Gasteiger charge is -2.16. The lowest BCUT2D eigenvalue weighted by molar-refractivity contribution is -0.622. The summed E-state index contributed by atoms with van der Waals surface area (Å²) in [5.74, 6) is 0. The third-order valence-electron chi connectivity index (χ3n) is 1.49. The number of hydrogen-bond donors (Lipinski definition) is 2. The molecule has 0 aliphatic carbocycles. The lowest BCUT2D eigenvalue weighted by Crippen LogP contribution is -2.37. The first-order chi connectivity index (χ1) is 4.90. The van der Waals surface area contributed by atoms with E-state index >= 15 is 0 Å². The Morgan fingerprint density at radius 3 is 2.45 bits per heavy atom. The SMILES string of the molecule is CCC(O)CC(C)(O)[N+](=O)[O-]. The normalized spacial score (nSPS) is 18.9. The minimum absolute atomic E-state index is 0.226. The molecule has 2 N–H and O–H groups in total. The summed E-state index contributed by atoms with van der Waals surface area (Å²) in [6.07, 6.45) is -0.629. The van der Waals surface area contributed by atoms with Gasteiger partial charge in [0.15, 0.2) is 0 Å². The van der Waals surface area contributed by atoms with E-state index in [9.17, 15) is 10.1 Å². The van der Waals surface area contributed by atoms with Crippen LogP contribution >= 0.6 is 0 Å². The minimum atomic E-state index is -2.00. The van der Waals surface area contributed by atoms with Crippen LogP contribution in [-0.2, 0) is 0 Å². The van der Waals surface area contributed by atoms with Gasteiger partial charge in [-0.3, -0.25) is 10.1 Å². The monoisotopic (exact) mass is 163 g/mol. The maximum Gasteiger partial charge on any atom is 0.322 e. The lowest BCUT2D eigenvalue weighted by atomic mass is 10.1. The Morgan fingerprint density at radius 2 is 2.18 bits per heavy atom. The van der Waals surface area contributed by atoms with E-state index in [1.807, 2.05) is 0 Å². The summed E-state index contributed by atoms with van der Waals surface area (Å²) in [7, 11) is 0. The number of nitrogens with zero attached hydrogens (tertiary/aromatic N) is 1. The third kappa shape index (κ3) is 3.29. The first-order valence-corrected chi connectivity index (χ1v) is 3.45. The highest BCUT2D eigenvalue weighted by molar-refractivity contribution is 4.64. The number of aliphatic hydroxyl groups excluding tert-OH is 1. The maximum absolute atomic E-state index is 10.1. The first kappa shape index (κ1) is 10.3. The molecule has 0 heterocycles. The predicted molar refractivity (Wildman–Crippen MR) is 38.5 cm³/mol. The maximum atomic E-state index is 10.1. The summed E-state index contributed by atoms with van der Waals surface area (Å²) < 4.78 is 0. The van der Waals surface area contributed by atoms with E-state index in [2.05, 4.69) is 0 Å². The number of hydrogen-bond acceptors (Lipinski definition) is 4. The molecule has 0 aromatic heterocycles. The summed E-state index contributed by atoms with van der Waals surface area (Å²) in [4.78, 5) is 9.32. The van der Waals surface area contributed by atoms with Crippen LogP contribution in [-0.4, -0.2) is 27.0 Å². The van der Waals surface area contributed by atoms with Crippen LogP contribution in [0, 0.1) is 10.1 Å². The van der Waals surface area contributed by atoms with Gasteiger partial charge in [-0.25, -0.2) is 0 Å². The molecule has 0 rings (SSSR count). The molecular formula is C6H13NO4. The molecule has 5 nitrogen and oxygen atoms in total. The molecule has 5 heteroatoms. The Balaban J connectivity index is 4.01. The molecule has 0 aromatic rings. The van der Waals surface area contributed by atoms with Crippen molar-refractivity contribution in [2.24, 2.45) is 0 Å². The van der Waals surface area contributed by atoms with E-state index < -0.39 is 16.8 Å². The first-order valence-electron chi connectivity index (χ1n) is 3.45. The van der Waals surface area contributed by atoms with Crippen molar-refractivity contribution in [3.8, 4) is 0 Å². The molecular weight excluding hydrogens is 150 g/mol. The Hall–Kier alpha value is -0.680. The van der Waals surface area contributed by atoms with Crippen LogP contribution in [0.2, 0.25) is 0 Å². The third-order valence-corrected chi connectivity index (χ3v) is 1.49. The fraction of sp³-hybridized carbons (Fsp3) is 1.00. The van der Waals surface area contributed by atoms with Gasteiger partial charge < -0.3 is 10.2 Å². The second-order valence-electron chi connectivity index (χ2n) is 2.74. The van der Waals surface area contributed by atoms with Gasteiger partial charge in [-0.1, -0.05) is 6.92 Å². The second-order valence-corrected chi connectivity index (χ2v) is 2.74. The van der Waals surface area contributed by atoms with Gasteiger partial charge in [-0.15, -0.1) is 0 Å². The van der Waals surface area contributed by atoms with E-state index in [4.69, 9.17) is 10.2 Å². The summed E-state index contributed by atoms with van der Waals surface area (Å²) in [5, 5.41) is 28.1.